The van der Waals surface area contributed by atoms with Crippen molar-refractivity contribution in [2.75, 3.05) is 11.5 Å². The molecule has 5 rings (SSSR count). The van der Waals surface area contributed by atoms with Gasteiger partial charge >= 0.3 is 6.03 Å². The summed E-state index contributed by atoms with van der Waals surface area (Å²) in [6.07, 6.45) is 1.39. The van der Waals surface area contributed by atoms with Gasteiger partial charge in [0, 0.05) is 12.1 Å². The molecule has 0 radical (unpaired) electrons. The number of hydrogen-bond acceptors (Lipinski definition) is 8. The number of barbiturate groups is 1. The van der Waals surface area contributed by atoms with Crippen LogP contribution >= 0.6 is 22.6 Å². The zero-order valence-electron chi connectivity index (χ0n) is 24.8. The third kappa shape index (κ3) is 7.51. The summed E-state index contributed by atoms with van der Waals surface area (Å²) in [6.45, 7) is 4.61. The zero-order chi connectivity index (χ0) is 32.8. The topological polar surface area (TPSA) is 137 Å². The van der Waals surface area contributed by atoms with E-state index in [4.69, 9.17) is 14.2 Å². The van der Waals surface area contributed by atoms with E-state index in [9.17, 15) is 24.5 Å². The van der Waals surface area contributed by atoms with Gasteiger partial charge in [0.2, 0.25) is 0 Å². The van der Waals surface area contributed by atoms with Gasteiger partial charge in [-0.2, -0.15) is 0 Å². The quantitative estimate of drug-likeness (QED) is 0.0589. The van der Waals surface area contributed by atoms with Crippen molar-refractivity contribution in [1.82, 2.24) is 5.32 Å². The van der Waals surface area contributed by atoms with E-state index in [1.54, 1.807) is 55.5 Å². The molecule has 11 nitrogen and oxygen atoms in total. The zero-order valence-corrected chi connectivity index (χ0v) is 27.0. The molecule has 0 bridgehead atoms. The van der Waals surface area contributed by atoms with Crippen LogP contribution in [0, 0.1) is 20.6 Å². The normalized spacial score (nSPS) is 13.8. The van der Waals surface area contributed by atoms with Crippen LogP contribution in [0.4, 0.5) is 16.2 Å². The van der Waals surface area contributed by atoms with E-state index in [0.29, 0.717) is 39.6 Å². The molecule has 0 aliphatic carbocycles. The van der Waals surface area contributed by atoms with E-state index in [1.165, 1.54) is 18.2 Å². The number of rotatable bonds is 11. The van der Waals surface area contributed by atoms with Crippen molar-refractivity contribution in [3.8, 4) is 17.2 Å². The second-order valence-electron chi connectivity index (χ2n) is 10.2. The maximum Gasteiger partial charge on any atom is 0.335 e. The largest absolute Gasteiger partial charge is 0.490 e. The Morgan fingerprint density at radius 2 is 1.50 bits per heavy atom. The highest BCUT2D eigenvalue weighted by Gasteiger charge is 2.37. The number of nitrogens with zero attached hydrogens (tertiary/aromatic N) is 2. The highest BCUT2D eigenvalue weighted by atomic mass is 127. The molecule has 0 unspecified atom stereocenters. The van der Waals surface area contributed by atoms with Gasteiger partial charge in [-0.15, -0.1) is 0 Å². The molecule has 0 aromatic heterocycles. The molecule has 4 aromatic rings. The molecule has 46 heavy (non-hydrogen) atoms. The van der Waals surface area contributed by atoms with Crippen LogP contribution in [0.3, 0.4) is 0 Å². The van der Waals surface area contributed by atoms with Crippen molar-refractivity contribution in [3.63, 3.8) is 0 Å². The SMILES string of the molecule is CCOc1cc(/C=C2\C(=O)NC(=O)N(c3ccc(OCc4ccc(C)cc4)cc3)C2=O)cc(I)c1OCc1ccc([N+](=O)[O-])cc1. The molecule has 4 aromatic carbocycles. The first-order valence-corrected chi connectivity index (χ1v) is 15.2. The van der Waals surface area contributed by atoms with Crippen molar-refractivity contribution < 1.29 is 33.5 Å². The van der Waals surface area contributed by atoms with Crippen LogP contribution in [0.15, 0.2) is 90.5 Å². The molecule has 0 spiro atoms. The summed E-state index contributed by atoms with van der Waals surface area (Å²) >= 11 is 2.06. The van der Waals surface area contributed by atoms with E-state index >= 15 is 0 Å². The number of hydrogen-bond donors (Lipinski definition) is 1. The minimum absolute atomic E-state index is 0.0211. The van der Waals surface area contributed by atoms with Crippen molar-refractivity contribution in [2.45, 2.75) is 27.1 Å². The van der Waals surface area contributed by atoms with Crippen molar-refractivity contribution in [1.29, 1.82) is 0 Å². The second-order valence-corrected chi connectivity index (χ2v) is 11.4. The maximum atomic E-state index is 13.5. The molecular weight excluding hydrogens is 705 g/mol. The first-order valence-electron chi connectivity index (χ1n) is 14.1. The Hall–Kier alpha value is -5.24. The number of halogens is 1. The number of nitro groups is 1. The standard InChI is InChI=1S/C34H28IN3O8/c1-3-44-30-18-24(17-29(35)31(30)46-20-23-8-10-26(11-9-23)38(42)43)16-28-32(39)36-34(41)37(33(28)40)25-12-14-27(15-13-25)45-19-22-6-4-21(2)5-7-22/h4-18H,3,19-20H2,1-2H3,(H,36,39,41)/b28-16+. The van der Waals surface area contributed by atoms with Crippen LogP contribution < -0.4 is 24.4 Å². The Bertz CT molecular complexity index is 1820. The predicted octanol–water partition coefficient (Wildman–Crippen LogP) is 6.73. The summed E-state index contributed by atoms with van der Waals surface area (Å²) in [4.78, 5) is 50.4. The van der Waals surface area contributed by atoms with Gasteiger partial charge in [-0.25, -0.2) is 9.69 Å². The number of carbonyl (C=O) groups is 3. The smallest absolute Gasteiger partial charge is 0.335 e. The van der Waals surface area contributed by atoms with Crippen LogP contribution in [0.1, 0.15) is 29.2 Å². The number of nitro benzene ring substituents is 1. The van der Waals surface area contributed by atoms with Crippen LogP contribution in [0.5, 0.6) is 17.2 Å². The van der Waals surface area contributed by atoms with Gasteiger partial charge in [-0.05, 0) is 108 Å². The fraction of sp³-hybridized carbons (Fsp3) is 0.147. The monoisotopic (exact) mass is 733 g/mol. The second kappa shape index (κ2) is 14.2. The molecule has 1 aliphatic heterocycles. The summed E-state index contributed by atoms with van der Waals surface area (Å²) in [5.74, 6) is -0.246. The fourth-order valence-electron chi connectivity index (χ4n) is 4.54. The summed E-state index contributed by atoms with van der Waals surface area (Å²) < 4.78 is 18.3. The lowest BCUT2D eigenvalue weighted by molar-refractivity contribution is -0.384. The minimum Gasteiger partial charge on any atom is -0.490 e. The molecule has 1 N–H and O–H groups in total. The molecular formula is C34H28IN3O8. The molecule has 12 heteroatoms. The van der Waals surface area contributed by atoms with Crippen molar-refractivity contribution in [2.24, 2.45) is 0 Å². The number of amides is 4. The third-order valence-electron chi connectivity index (χ3n) is 6.90. The predicted molar refractivity (Wildman–Crippen MR) is 179 cm³/mol. The first-order chi connectivity index (χ1) is 22.1. The average molecular weight is 734 g/mol. The van der Waals surface area contributed by atoms with Crippen LogP contribution in [0.25, 0.3) is 6.08 Å². The van der Waals surface area contributed by atoms with Crippen LogP contribution in [-0.2, 0) is 22.8 Å². The molecule has 234 valence electrons. The number of anilines is 1. The van der Waals surface area contributed by atoms with Gasteiger partial charge in [0.1, 0.15) is 24.5 Å². The number of ether oxygens (including phenoxy) is 3. The Balaban J connectivity index is 1.34. The maximum absolute atomic E-state index is 13.5. The molecule has 1 heterocycles. The Morgan fingerprint density at radius 1 is 0.870 bits per heavy atom. The number of urea groups is 1. The molecule has 4 amide bonds. The van der Waals surface area contributed by atoms with Crippen molar-refractivity contribution in [3.05, 3.63) is 126 Å². The lowest BCUT2D eigenvalue weighted by Crippen LogP contribution is -2.54. The van der Waals surface area contributed by atoms with Gasteiger partial charge in [0.05, 0.1) is 20.8 Å². The number of carbonyl (C=O) groups excluding carboxylic acids is 3. The lowest BCUT2D eigenvalue weighted by Gasteiger charge is -2.26. The van der Waals surface area contributed by atoms with Gasteiger partial charge in [-0.1, -0.05) is 29.8 Å². The summed E-state index contributed by atoms with van der Waals surface area (Å²) in [7, 11) is 0. The highest BCUT2D eigenvalue weighted by Crippen LogP contribution is 2.36. The van der Waals surface area contributed by atoms with E-state index in [0.717, 1.165) is 21.6 Å². The molecule has 0 saturated carbocycles. The molecule has 1 aliphatic rings. The van der Waals surface area contributed by atoms with Crippen LogP contribution in [-0.4, -0.2) is 29.4 Å². The summed E-state index contributed by atoms with van der Waals surface area (Å²) in [6, 6.07) is 22.9. The number of nitrogens with one attached hydrogen (secondary N) is 1. The Kier molecular flexibility index (Phi) is 9.96. The van der Waals surface area contributed by atoms with Gasteiger partial charge in [0.15, 0.2) is 11.5 Å². The first kappa shape index (κ1) is 32.2. The minimum atomic E-state index is -0.861. The summed E-state index contributed by atoms with van der Waals surface area (Å²) in [5.41, 5.74) is 3.35. The average Bonchev–Trinajstić information content (AvgIpc) is 3.03. The summed E-state index contributed by atoms with van der Waals surface area (Å²) in [5, 5.41) is 13.2. The van der Waals surface area contributed by atoms with Gasteiger partial charge in [0.25, 0.3) is 17.5 Å². The number of benzene rings is 4. The van der Waals surface area contributed by atoms with E-state index in [2.05, 4.69) is 27.9 Å². The van der Waals surface area contributed by atoms with Crippen LogP contribution in [0.2, 0.25) is 0 Å². The Morgan fingerprint density at radius 3 is 2.13 bits per heavy atom. The molecule has 0 atom stereocenters. The fourth-order valence-corrected chi connectivity index (χ4v) is 5.33. The van der Waals surface area contributed by atoms with E-state index in [-0.39, 0.29) is 23.6 Å². The Labute approximate surface area is 278 Å². The van der Waals surface area contributed by atoms with E-state index in [1.807, 2.05) is 31.2 Å². The third-order valence-corrected chi connectivity index (χ3v) is 7.70. The number of aryl methyl sites for hydroxylation is 1. The lowest BCUT2D eigenvalue weighted by atomic mass is 10.1. The van der Waals surface area contributed by atoms with E-state index < -0.39 is 22.8 Å². The van der Waals surface area contributed by atoms with Gasteiger partial charge in [-0.3, -0.25) is 25.0 Å². The number of non-ortho nitro benzene ring substituents is 1. The van der Waals surface area contributed by atoms with Crippen molar-refractivity contribution >= 4 is 57.9 Å². The molecule has 1 fully saturated rings. The highest BCUT2D eigenvalue weighted by molar-refractivity contribution is 14.1. The number of imide groups is 2. The van der Waals surface area contributed by atoms with Gasteiger partial charge < -0.3 is 14.2 Å². The molecule has 1 saturated heterocycles.